The Morgan fingerprint density at radius 2 is 1.76 bits per heavy atom. The fourth-order valence-electron chi connectivity index (χ4n) is 3.81. The molecule has 0 atom stereocenters. The summed E-state index contributed by atoms with van der Waals surface area (Å²) in [6.45, 7) is 5.85. The number of nitrogens with two attached hydrogens (primary N) is 1. The summed E-state index contributed by atoms with van der Waals surface area (Å²) in [5.41, 5.74) is 5.63. The predicted molar refractivity (Wildman–Crippen MR) is 87.0 cm³/mol. The van der Waals surface area contributed by atoms with Gasteiger partial charge < -0.3 is 10.6 Å². The molecule has 0 spiro atoms. The average Bonchev–Trinajstić information content (AvgIpc) is 2.49. The Hall–Kier alpha value is -0.610. The van der Waals surface area contributed by atoms with Crippen LogP contribution < -0.4 is 5.73 Å². The average molecular weight is 295 g/mol. The van der Waals surface area contributed by atoms with E-state index in [-0.39, 0.29) is 0 Å². The van der Waals surface area contributed by atoms with Crippen molar-refractivity contribution in [3.8, 4) is 0 Å². The summed E-state index contributed by atoms with van der Waals surface area (Å²) in [6.07, 6.45) is 8.45. The molecular weight excluding hydrogens is 262 g/mol. The SMILES string of the molecule is CC1CCC(N(C)C(=O)CN2CCC(CCN)CC2)CC1. The standard InChI is InChI=1S/C17H33N3O/c1-14-3-5-16(6-4-14)19(2)17(21)13-20-11-8-15(7-10-18)9-12-20/h14-16H,3-13,18H2,1-2H3. The Labute approximate surface area is 130 Å². The highest BCUT2D eigenvalue weighted by atomic mass is 16.2. The predicted octanol–water partition coefficient (Wildman–Crippen LogP) is 2.08. The minimum absolute atomic E-state index is 0.312. The number of piperidine rings is 1. The number of carbonyl (C=O) groups is 1. The van der Waals surface area contributed by atoms with Crippen LogP contribution >= 0.6 is 0 Å². The molecule has 0 aromatic heterocycles. The number of rotatable bonds is 5. The Balaban J connectivity index is 1.71. The van der Waals surface area contributed by atoms with Crippen molar-refractivity contribution in [3.05, 3.63) is 0 Å². The summed E-state index contributed by atoms with van der Waals surface area (Å²) >= 11 is 0. The fourth-order valence-corrected chi connectivity index (χ4v) is 3.81. The van der Waals surface area contributed by atoms with Gasteiger partial charge >= 0.3 is 0 Å². The molecule has 0 radical (unpaired) electrons. The molecule has 1 aliphatic carbocycles. The molecular formula is C17H33N3O. The van der Waals surface area contributed by atoms with Crippen LogP contribution in [0, 0.1) is 11.8 Å². The van der Waals surface area contributed by atoms with Gasteiger partial charge in [-0.05, 0) is 76.4 Å². The smallest absolute Gasteiger partial charge is 0.236 e. The van der Waals surface area contributed by atoms with E-state index in [1.54, 1.807) is 0 Å². The molecule has 0 aromatic carbocycles. The molecule has 21 heavy (non-hydrogen) atoms. The summed E-state index contributed by atoms with van der Waals surface area (Å²) in [6, 6.07) is 0.475. The molecule has 2 aliphatic rings. The zero-order chi connectivity index (χ0) is 15.2. The molecule has 0 bridgehead atoms. The van der Waals surface area contributed by atoms with Crippen LogP contribution in [0.5, 0.6) is 0 Å². The monoisotopic (exact) mass is 295 g/mol. The molecule has 122 valence electrons. The third kappa shape index (κ3) is 4.96. The second-order valence-corrected chi connectivity index (χ2v) is 7.22. The first-order chi connectivity index (χ1) is 10.1. The maximum Gasteiger partial charge on any atom is 0.236 e. The number of likely N-dealkylation sites (N-methyl/N-ethyl adjacent to an activating group) is 1. The fraction of sp³-hybridized carbons (Fsp3) is 0.941. The van der Waals surface area contributed by atoms with Gasteiger partial charge in [-0.15, -0.1) is 0 Å². The van der Waals surface area contributed by atoms with Gasteiger partial charge in [0.1, 0.15) is 0 Å². The van der Waals surface area contributed by atoms with E-state index in [1.807, 2.05) is 11.9 Å². The molecule has 0 aromatic rings. The molecule has 1 saturated carbocycles. The minimum atomic E-state index is 0.312. The van der Waals surface area contributed by atoms with Crippen LogP contribution in [0.2, 0.25) is 0 Å². The zero-order valence-electron chi connectivity index (χ0n) is 13.9. The molecule has 1 aliphatic heterocycles. The topological polar surface area (TPSA) is 49.6 Å². The van der Waals surface area contributed by atoms with Crippen molar-refractivity contribution >= 4 is 5.91 Å². The Morgan fingerprint density at radius 1 is 1.14 bits per heavy atom. The van der Waals surface area contributed by atoms with Gasteiger partial charge in [-0.1, -0.05) is 6.92 Å². The maximum atomic E-state index is 12.5. The van der Waals surface area contributed by atoms with E-state index in [9.17, 15) is 4.79 Å². The van der Waals surface area contributed by atoms with Crippen LogP contribution in [0.1, 0.15) is 51.9 Å². The van der Waals surface area contributed by atoms with Crippen LogP contribution in [0.25, 0.3) is 0 Å². The summed E-state index contributed by atoms with van der Waals surface area (Å²) in [5.74, 6) is 1.93. The lowest BCUT2D eigenvalue weighted by atomic mass is 9.87. The summed E-state index contributed by atoms with van der Waals surface area (Å²) in [4.78, 5) is 16.8. The first kappa shape index (κ1) is 16.8. The highest BCUT2D eigenvalue weighted by molar-refractivity contribution is 5.78. The third-order valence-corrected chi connectivity index (χ3v) is 5.57. The van der Waals surface area contributed by atoms with Gasteiger partial charge in [0.2, 0.25) is 5.91 Å². The van der Waals surface area contributed by atoms with Crippen LogP contribution in [0.4, 0.5) is 0 Å². The number of carbonyl (C=O) groups excluding carboxylic acids is 1. The van der Waals surface area contributed by atoms with Crippen molar-refractivity contribution in [3.63, 3.8) is 0 Å². The number of hydrogen-bond acceptors (Lipinski definition) is 3. The van der Waals surface area contributed by atoms with Gasteiger partial charge in [-0.2, -0.15) is 0 Å². The molecule has 1 amide bonds. The number of likely N-dealkylation sites (tertiary alicyclic amines) is 1. The lowest BCUT2D eigenvalue weighted by Crippen LogP contribution is -2.46. The lowest BCUT2D eigenvalue weighted by Gasteiger charge is -2.36. The first-order valence-electron chi connectivity index (χ1n) is 8.78. The summed E-state index contributed by atoms with van der Waals surface area (Å²) < 4.78 is 0. The molecule has 2 rings (SSSR count). The molecule has 0 unspecified atom stereocenters. The molecule has 1 saturated heterocycles. The second-order valence-electron chi connectivity index (χ2n) is 7.22. The van der Waals surface area contributed by atoms with Gasteiger partial charge in [0, 0.05) is 13.1 Å². The summed E-state index contributed by atoms with van der Waals surface area (Å²) in [5, 5.41) is 0. The van der Waals surface area contributed by atoms with Gasteiger partial charge in [-0.3, -0.25) is 9.69 Å². The quantitative estimate of drug-likeness (QED) is 0.845. The van der Waals surface area contributed by atoms with Crippen molar-refractivity contribution in [2.75, 3.05) is 33.2 Å². The van der Waals surface area contributed by atoms with Crippen LogP contribution in [-0.2, 0) is 4.79 Å². The second kappa shape index (κ2) is 8.14. The van der Waals surface area contributed by atoms with Crippen molar-refractivity contribution in [2.45, 2.75) is 57.9 Å². The first-order valence-corrected chi connectivity index (χ1v) is 8.78. The molecule has 2 fully saturated rings. The minimum Gasteiger partial charge on any atom is -0.342 e. The van der Waals surface area contributed by atoms with Gasteiger partial charge in [0.05, 0.1) is 6.54 Å². The van der Waals surface area contributed by atoms with E-state index in [2.05, 4.69) is 11.8 Å². The van der Waals surface area contributed by atoms with Crippen molar-refractivity contribution in [1.82, 2.24) is 9.80 Å². The Morgan fingerprint density at radius 3 is 2.33 bits per heavy atom. The number of nitrogens with zero attached hydrogens (tertiary/aromatic N) is 2. The highest BCUT2D eigenvalue weighted by Gasteiger charge is 2.27. The summed E-state index contributed by atoms with van der Waals surface area (Å²) in [7, 11) is 2.00. The Bertz CT molecular complexity index is 318. The van der Waals surface area contributed by atoms with Crippen molar-refractivity contribution in [1.29, 1.82) is 0 Å². The highest BCUT2D eigenvalue weighted by Crippen LogP contribution is 2.26. The zero-order valence-corrected chi connectivity index (χ0v) is 13.9. The molecule has 2 N–H and O–H groups in total. The number of hydrogen-bond donors (Lipinski definition) is 1. The van der Waals surface area contributed by atoms with Crippen molar-refractivity contribution < 1.29 is 4.79 Å². The number of amides is 1. The lowest BCUT2D eigenvalue weighted by molar-refractivity contribution is -0.134. The van der Waals surface area contributed by atoms with Gasteiger partial charge in [0.15, 0.2) is 0 Å². The van der Waals surface area contributed by atoms with E-state index in [1.165, 1.54) is 38.5 Å². The van der Waals surface area contributed by atoms with E-state index in [0.29, 0.717) is 18.5 Å². The van der Waals surface area contributed by atoms with Crippen molar-refractivity contribution in [2.24, 2.45) is 17.6 Å². The molecule has 4 heteroatoms. The van der Waals surface area contributed by atoms with Crippen LogP contribution in [-0.4, -0.2) is 55.0 Å². The van der Waals surface area contributed by atoms with E-state index >= 15 is 0 Å². The molecule has 1 heterocycles. The largest absolute Gasteiger partial charge is 0.342 e. The van der Waals surface area contributed by atoms with E-state index in [4.69, 9.17) is 5.73 Å². The van der Waals surface area contributed by atoms with Crippen LogP contribution in [0.3, 0.4) is 0 Å². The third-order valence-electron chi connectivity index (χ3n) is 5.57. The normalized spacial score (nSPS) is 28.5. The van der Waals surface area contributed by atoms with Gasteiger partial charge in [0.25, 0.3) is 0 Å². The van der Waals surface area contributed by atoms with Crippen LogP contribution in [0.15, 0.2) is 0 Å². The van der Waals surface area contributed by atoms with Gasteiger partial charge in [-0.25, -0.2) is 0 Å². The Kier molecular flexibility index (Phi) is 6.49. The van der Waals surface area contributed by atoms with E-state index in [0.717, 1.165) is 37.9 Å². The molecule has 4 nitrogen and oxygen atoms in total. The van der Waals surface area contributed by atoms with E-state index < -0.39 is 0 Å². The maximum absolute atomic E-state index is 12.5.